The number of nitrogens with one attached hydrogen (secondary N) is 1. The van der Waals surface area contributed by atoms with Gasteiger partial charge in [-0.1, -0.05) is 13.8 Å². The molecule has 1 aliphatic rings. The fraction of sp³-hybridized carbons (Fsp3) is 0.909. The van der Waals surface area contributed by atoms with Crippen LogP contribution >= 0.6 is 0 Å². The molecule has 1 heterocycles. The smallest absolute Gasteiger partial charge is 0.251 e. The second-order valence-corrected chi connectivity index (χ2v) is 4.23. The molecule has 0 radical (unpaired) electrons. The molecule has 1 rings (SSSR count). The number of carbonyl (C=O) groups excluding carboxylic acids is 1. The van der Waals surface area contributed by atoms with Crippen molar-refractivity contribution in [2.24, 2.45) is 5.92 Å². The number of β-lactam (4-membered cyclic amide) rings is 1. The van der Waals surface area contributed by atoms with Gasteiger partial charge >= 0.3 is 0 Å². The minimum atomic E-state index is -0.257. The summed E-state index contributed by atoms with van der Waals surface area (Å²) >= 11 is 0. The van der Waals surface area contributed by atoms with E-state index in [4.69, 9.17) is 9.47 Å². The van der Waals surface area contributed by atoms with E-state index in [0.29, 0.717) is 25.7 Å². The molecule has 0 spiro atoms. The highest BCUT2D eigenvalue weighted by Crippen LogP contribution is 2.18. The number of carbonyl (C=O) groups is 1. The lowest BCUT2D eigenvalue weighted by atomic mass is 9.93. The summed E-state index contributed by atoms with van der Waals surface area (Å²) in [4.78, 5) is 11.2. The molecule has 1 saturated heterocycles. The molecule has 88 valence electrons. The fourth-order valence-corrected chi connectivity index (χ4v) is 1.69. The normalized spacial score (nSPS) is 25.2. The summed E-state index contributed by atoms with van der Waals surface area (Å²) in [6, 6.07) is 0.194. The molecule has 0 unspecified atom stereocenters. The summed E-state index contributed by atoms with van der Waals surface area (Å²) in [5.74, 6) is 0.589. The maximum atomic E-state index is 11.2. The van der Waals surface area contributed by atoms with Gasteiger partial charge in [0.2, 0.25) is 0 Å². The highest BCUT2D eigenvalue weighted by atomic mass is 16.5. The van der Waals surface area contributed by atoms with Crippen molar-refractivity contribution in [3.05, 3.63) is 0 Å². The van der Waals surface area contributed by atoms with E-state index >= 15 is 0 Å². The Bertz CT molecular complexity index is 206. The van der Waals surface area contributed by atoms with Gasteiger partial charge < -0.3 is 14.8 Å². The molecule has 1 amide bonds. The Hall–Kier alpha value is -0.610. The highest BCUT2D eigenvalue weighted by molar-refractivity contribution is 5.88. The molecule has 15 heavy (non-hydrogen) atoms. The molecule has 0 aromatic heterocycles. The zero-order chi connectivity index (χ0) is 11.3. The van der Waals surface area contributed by atoms with E-state index in [1.807, 2.05) is 6.92 Å². The van der Waals surface area contributed by atoms with Crippen LogP contribution in [-0.4, -0.2) is 37.9 Å². The number of amides is 1. The van der Waals surface area contributed by atoms with Crippen molar-refractivity contribution in [3.8, 4) is 0 Å². The van der Waals surface area contributed by atoms with Crippen LogP contribution in [0.25, 0.3) is 0 Å². The van der Waals surface area contributed by atoms with Crippen LogP contribution in [0.15, 0.2) is 0 Å². The second kappa shape index (κ2) is 6.08. The van der Waals surface area contributed by atoms with Crippen molar-refractivity contribution in [1.82, 2.24) is 5.32 Å². The maximum Gasteiger partial charge on any atom is 0.251 e. The van der Waals surface area contributed by atoms with Crippen LogP contribution in [0.1, 0.15) is 27.2 Å². The fourth-order valence-electron chi connectivity index (χ4n) is 1.69. The summed E-state index contributed by atoms with van der Waals surface area (Å²) in [5.41, 5.74) is 0. The van der Waals surface area contributed by atoms with Crippen LogP contribution in [0.2, 0.25) is 0 Å². The van der Waals surface area contributed by atoms with E-state index in [1.165, 1.54) is 0 Å². The van der Waals surface area contributed by atoms with Crippen LogP contribution in [0.3, 0.4) is 0 Å². The summed E-state index contributed by atoms with van der Waals surface area (Å²) in [7, 11) is 0. The van der Waals surface area contributed by atoms with E-state index in [0.717, 1.165) is 6.42 Å². The minimum absolute atomic E-state index is 0.0112. The van der Waals surface area contributed by atoms with E-state index in [9.17, 15) is 4.79 Å². The van der Waals surface area contributed by atoms with Crippen molar-refractivity contribution in [2.45, 2.75) is 39.3 Å². The average Bonchev–Trinajstić information content (AvgIpc) is 2.16. The maximum absolute atomic E-state index is 11.2. The first-order valence-corrected chi connectivity index (χ1v) is 5.64. The summed E-state index contributed by atoms with van der Waals surface area (Å²) < 4.78 is 10.6. The van der Waals surface area contributed by atoms with E-state index in [-0.39, 0.29) is 18.1 Å². The number of ether oxygens (including phenoxy) is 2. The molecule has 0 aromatic rings. The molecular weight excluding hydrogens is 194 g/mol. The molecule has 0 aromatic carbocycles. The van der Waals surface area contributed by atoms with Crippen LogP contribution in [0, 0.1) is 5.92 Å². The summed E-state index contributed by atoms with van der Waals surface area (Å²) in [6.07, 6.45) is 0.721. The molecular formula is C11H21NO3. The lowest BCUT2D eigenvalue weighted by molar-refractivity contribution is -0.150. The van der Waals surface area contributed by atoms with Crippen molar-refractivity contribution in [2.75, 3.05) is 19.8 Å². The van der Waals surface area contributed by atoms with Crippen molar-refractivity contribution in [3.63, 3.8) is 0 Å². The van der Waals surface area contributed by atoms with E-state index in [1.54, 1.807) is 0 Å². The Labute approximate surface area is 91.3 Å². The van der Waals surface area contributed by atoms with Gasteiger partial charge in [0.1, 0.15) is 0 Å². The number of rotatable bonds is 7. The zero-order valence-electron chi connectivity index (χ0n) is 9.79. The molecule has 1 aliphatic heterocycles. The van der Waals surface area contributed by atoms with Gasteiger partial charge in [0, 0.05) is 6.61 Å². The molecule has 0 aliphatic carbocycles. The SMILES string of the molecule is CCOCCO[C@H]1C(=O)N[C@H]1CC(C)C. The lowest BCUT2D eigenvalue weighted by Crippen LogP contribution is -2.63. The van der Waals surface area contributed by atoms with Crippen LogP contribution in [0.4, 0.5) is 0 Å². The number of hydrogen-bond donors (Lipinski definition) is 1. The van der Waals surface area contributed by atoms with Crippen LogP contribution in [0.5, 0.6) is 0 Å². The Morgan fingerprint density at radius 3 is 2.67 bits per heavy atom. The van der Waals surface area contributed by atoms with Gasteiger partial charge in [0.25, 0.3) is 5.91 Å². The van der Waals surface area contributed by atoms with Gasteiger partial charge in [-0.2, -0.15) is 0 Å². The predicted octanol–water partition coefficient (Wildman–Crippen LogP) is 0.953. The Morgan fingerprint density at radius 2 is 2.13 bits per heavy atom. The van der Waals surface area contributed by atoms with Crippen molar-refractivity contribution in [1.29, 1.82) is 0 Å². The Balaban J connectivity index is 2.17. The third-order valence-corrected chi connectivity index (χ3v) is 2.41. The molecule has 0 saturated carbocycles. The second-order valence-electron chi connectivity index (χ2n) is 4.23. The Morgan fingerprint density at radius 1 is 1.40 bits per heavy atom. The third-order valence-electron chi connectivity index (χ3n) is 2.41. The van der Waals surface area contributed by atoms with E-state index in [2.05, 4.69) is 19.2 Å². The topological polar surface area (TPSA) is 47.6 Å². The number of hydrogen-bond acceptors (Lipinski definition) is 3. The highest BCUT2D eigenvalue weighted by Gasteiger charge is 2.39. The van der Waals surface area contributed by atoms with Crippen molar-refractivity contribution >= 4 is 5.91 Å². The van der Waals surface area contributed by atoms with Crippen molar-refractivity contribution < 1.29 is 14.3 Å². The minimum Gasteiger partial charge on any atom is -0.379 e. The van der Waals surface area contributed by atoms with Gasteiger partial charge in [0.05, 0.1) is 19.3 Å². The zero-order valence-corrected chi connectivity index (χ0v) is 9.79. The standard InChI is InChI=1S/C11H21NO3/c1-4-14-5-6-15-10-9(7-8(2)3)12-11(10)13/h8-10H,4-7H2,1-3H3,(H,12,13)/t9-,10+/m0/s1. The van der Waals surface area contributed by atoms with Gasteiger partial charge in [-0.15, -0.1) is 0 Å². The van der Waals surface area contributed by atoms with Gasteiger partial charge in [-0.3, -0.25) is 4.79 Å². The molecule has 1 N–H and O–H groups in total. The average molecular weight is 215 g/mol. The third kappa shape index (κ3) is 3.80. The predicted molar refractivity (Wildman–Crippen MR) is 57.6 cm³/mol. The first kappa shape index (κ1) is 12.5. The monoisotopic (exact) mass is 215 g/mol. The van der Waals surface area contributed by atoms with Crippen LogP contribution in [-0.2, 0) is 14.3 Å². The molecule has 1 fully saturated rings. The quantitative estimate of drug-likeness (QED) is 0.508. The van der Waals surface area contributed by atoms with E-state index < -0.39 is 0 Å². The Kier molecular flexibility index (Phi) is 5.05. The molecule has 0 bridgehead atoms. The summed E-state index contributed by atoms with van der Waals surface area (Å²) in [6.45, 7) is 7.98. The summed E-state index contributed by atoms with van der Waals surface area (Å²) in [5, 5.41) is 2.86. The largest absolute Gasteiger partial charge is 0.379 e. The van der Waals surface area contributed by atoms with Gasteiger partial charge in [-0.25, -0.2) is 0 Å². The first-order chi connectivity index (χ1) is 7.15. The molecule has 4 nitrogen and oxygen atoms in total. The lowest BCUT2D eigenvalue weighted by Gasteiger charge is -2.37. The van der Waals surface area contributed by atoms with Gasteiger partial charge in [0.15, 0.2) is 6.10 Å². The molecule has 4 heteroatoms. The van der Waals surface area contributed by atoms with Gasteiger partial charge in [-0.05, 0) is 19.3 Å². The first-order valence-electron chi connectivity index (χ1n) is 5.64. The van der Waals surface area contributed by atoms with Crippen LogP contribution < -0.4 is 5.32 Å². The molecule has 2 atom stereocenters.